The lowest BCUT2D eigenvalue weighted by atomic mass is 10.1. The molecule has 104 valence electrons. The van der Waals surface area contributed by atoms with Crippen molar-refractivity contribution in [3.63, 3.8) is 0 Å². The molecular formula is C14H22N4O. The van der Waals surface area contributed by atoms with Gasteiger partial charge in [0, 0.05) is 37.6 Å². The highest BCUT2D eigenvalue weighted by atomic mass is 16.1. The van der Waals surface area contributed by atoms with Crippen molar-refractivity contribution < 1.29 is 0 Å². The van der Waals surface area contributed by atoms with Gasteiger partial charge in [-0.05, 0) is 25.7 Å². The van der Waals surface area contributed by atoms with Crippen LogP contribution >= 0.6 is 0 Å². The maximum absolute atomic E-state index is 12.5. The Morgan fingerprint density at radius 3 is 2.84 bits per heavy atom. The first-order valence-electron chi connectivity index (χ1n) is 7.35. The highest BCUT2D eigenvalue weighted by Crippen LogP contribution is 2.33. The van der Waals surface area contributed by atoms with E-state index in [2.05, 4.69) is 9.88 Å². The number of anilines is 1. The van der Waals surface area contributed by atoms with Crippen LogP contribution in [0.1, 0.15) is 44.6 Å². The molecule has 0 bridgehead atoms. The largest absolute Gasteiger partial charge is 0.348 e. The van der Waals surface area contributed by atoms with E-state index in [0.29, 0.717) is 18.4 Å². The molecule has 2 N–H and O–H groups in total. The molecular weight excluding hydrogens is 240 g/mol. The molecule has 1 unspecified atom stereocenters. The third-order valence-corrected chi connectivity index (χ3v) is 4.21. The van der Waals surface area contributed by atoms with E-state index < -0.39 is 0 Å². The van der Waals surface area contributed by atoms with Crippen molar-refractivity contribution in [3.8, 4) is 0 Å². The van der Waals surface area contributed by atoms with Crippen molar-refractivity contribution in [2.24, 2.45) is 5.73 Å². The lowest BCUT2D eigenvalue weighted by molar-refractivity contribution is 0.568. The summed E-state index contributed by atoms with van der Waals surface area (Å²) < 4.78 is 1.85. The summed E-state index contributed by atoms with van der Waals surface area (Å²) >= 11 is 0. The number of hydrogen-bond donors (Lipinski definition) is 1. The quantitative estimate of drug-likeness (QED) is 0.891. The Kier molecular flexibility index (Phi) is 3.55. The molecule has 19 heavy (non-hydrogen) atoms. The maximum atomic E-state index is 12.5. The molecule has 0 amide bonds. The van der Waals surface area contributed by atoms with Gasteiger partial charge in [0.15, 0.2) is 5.82 Å². The second kappa shape index (κ2) is 5.33. The summed E-state index contributed by atoms with van der Waals surface area (Å²) in [5, 5.41) is 0. The van der Waals surface area contributed by atoms with Crippen LogP contribution in [0, 0.1) is 0 Å². The summed E-state index contributed by atoms with van der Waals surface area (Å²) in [7, 11) is 0. The number of nitrogens with zero attached hydrogens (tertiary/aromatic N) is 3. The SMILES string of the molecule is NCC1CCCCCN1c1nccn(C2CC2)c1=O. The van der Waals surface area contributed by atoms with Gasteiger partial charge in [0.05, 0.1) is 0 Å². The van der Waals surface area contributed by atoms with E-state index in [-0.39, 0.29) is 11.6 Å². The predicted octanol–water partition coefficient (Wildman–Crippen LogP) is 1.29. The van der Waals surface area contributed by atoms with Gasteiger partial charge in [0.2, 0.25) is 0 Å². The molecule has 0 aromatic carbocycles. The van der Waals surface area contributed by atoms with Crippen LogP contribution in [0.15, 0.2) is 17.2 Å². The standard InChI is InChI=1S/C14H22N4O/c15-10-12-4-2-1-3-8-17(12)13-14(19)18(9-7-16-13)11-5-6-11/h7,9,11-12H,1-6,8,10,15H2. The van der Waals surface area contributed by atoms with Gasteiger partial charge >= 0.3 is 0 Å². The maximum Gasteiger partial charge on any atom is 0.293 e. The van der Waals surface area contributed by atoms with Gasteiger partial charge in [-0.1, -0.05) is 12.8 Å². The van der Waals surface area contributed by atoms with Gasteiger partial charge < -0.3 is 15.2 Å². The average molecular weight is 262 g/mol. The monoisotopic (exact) mass is 262 g/mol. The van der Waals surface area contributed by atoms with E-state index in [1.54, 1.807) is 6.20 Å². The zero-order valence-corrected chi connectivity index (χ0v) is 11.3. The number of hydrogen-bond acceptors (Lipinski definition) is 4. The minimum atomic E-state index is 0.0605. The summed E-state index contributed by atoms with van der Waals surface area (Å²) in [5.41, 5.74) is 5.94. The Labute approximate surface area is 113 Å². The molecule has 1 aliphatic carbocycles. The van der Waals surface area contributed by atoms with Crippen LogP contribution in [-0.4, -0.2) is 28.7 Å². The van der Waals surface area contributed by atoms with Crippen molar-refractivity contribution >= 4 is 5.82 Å². The number of rotatable bonds is 3. The van der Waals surface area contributed by atoms with Crippen LogP contribution in [0.25, 0.3) is 0 Å². The van der Waals surface area contributed by atoms with Crippen LogP contribution in [0.4, 0.5) is 5.82 Å². The van der Waals surface area contributed by atoms with Crippen LogP contribution in [0.5, 0.6) is 0 Å². The van der Waals surface area contributed by atoms with Crippen molar-refractivity contribution in [2.75, 3.05) is 18.0 Å². The molecule has 2 aliphatic rings. The molecule has 0 spiro atoms. The normalized spacial score (nSPS) is 24.3. The highest BCUT2D eigenvalue weighted by Gasteiger charge is 2.28. The minimum absolute atomic E-state index is 0.0605. The fourth-order valence-corrected chi connectivity index (χ4v) is 2.95. The van der Waals surface area contributed by atoms with Gasteiger partial charge in [-0.25, -0.2) is 4.98 Å². The van der Waals surface area contributed by atoms with E-state index in [9.17, 15) is 4.79 Å². The van der Waals surface area contributed by atoms with E-state index in [1.807, 2.05) is 10.8 Å². The Hall–Kier alpha value is -1.36. The van der Waals surface area contributed by atoms with Gasteiger partial charge in [-0.2, -0.15) is 0 Å². The van der Waals surface area contributed by atoms with Gasteiger partial charge in [0.25, 0.3) is 5.56 Å². The molecule has 1 aromatic heterocycles. The molecule has 1 saturated heterocycles. The number of nitrogens with two attached hydrogens (primary N) is 1. The van der Waals surface area contributed by atoms with E-state index >= 15 is 0 Å². The predicted molar refractivity (Wildman–Crippen MR) is 75.4 cm³/mol. The van der Waals surface area contributed by atoms with Crippen LogP contribution in [0.3, 0.4) is 0 Å². The van der Waals surface area contributed by atoms with Gasteiger partial charge in [-0.15, -0.1) is 0 Å². The third-order valence-electron chi connectivity index (χ3n) is 4.21. The second-order valence-corrected chi connectivity index (χ2v) is 5.63. The fraction of sp³-hybridized carbons (Fsp3) is 0.714. The molecule has 5 nitrogen and oxygen atoms in total. The van der Waals surface area contributed by atoms with Crippen molar-refractivity contribution in [3.05, 3.63) is 22.7 Å². The molecule has 2 heterocycles. The van der Waals surface area contributed by atoms with Crippen LogP contribution < -0.4 is 16.2 Å². The first-order valence-corrected chi connectivity index (χ1v) is 7.35. The Morgan fingerprint density at radius 2 is 2.11 bits per heavy atom. The molecule has 1 saturated carbocycles. The zero-order valence-electron chi connectivity index (χ0n) is 11.3. The Bertz CT molecular complexity index is 494. The number of aromatic nitrogens is 2. The average Bonchev–Trinajstić information content (AvgIpc) is 3.25. The summed E-state index contributed by atoms with van der Waals surface area (Å²) in [6, 6.07) is 0.662. The molecule has 0 radical (unpaired) electrons. The van der Waals surface area contributed by atoms with Crippen molar-refractivity contribution in [1.29, 1.82) is 0 Å². The molecule has 1 atom stereocenters. The first kappa shape index (κ1) is 12.7. The summed E-state index contributed by atoms with van der Waals surface area (Å²) in [5.74, 6) is 0.603. The summed E-state index contributed by atoms with van der Waals surface area (Å²) in [6.45, 7) is 1.50. The fourth-order valence-electron chi connectivity index (χ4n) is 2.95. The van der Waals surface area contributed by atoms with E-state index in [4.69, 9.17) is 5.73 Å². The van der Waals surface area contributed by atoms with Crippen molar-refractivity contribution in [2.45, 2.75) is 50.6 Å². The first-order chi connectivity index (χ1) is 9.31. The smallest absolute Gasteiger partial charge is 0.293 e. The molecule has 3 rings (SSSR count). The van der Waals surface area contributed by atoms with Gasteiger partial charge in [-0.3, -0.25) is 4.79 Å². The van der Waals surface area contributed by atoms with E-state index in [0.717, 1.165) is 32.2 Å². The topological polar surface area (TPSA) is 64.2 Å². The lowest BCUT2D eigenvalue weighted by Gasteiger charge is -2.29. The summed E-state index contributed by atoms with van der Waals surface area (Å²) in [6.07, 6.45) is 10.4. The molecule has 2 fully saturated rings. The molecule has 1 aromatic rings. The third kappa shape index (κ3) is 2.52. The van der Waals surface area contributed by atoms with Gasteiger partial charge in [0.1, 0.15) is 0 Å². The summed E-state index contributed by atoms with van der Waals surface area (Å²) in [4.78, 5) is 19.0. The van der Waals surface area contributed by atoms with Crippen LogP contribution in [0.2, 0.25) is 0 Å². The molecule has 1 aliphatic heterocycles. The lowest BCUT2D eigenvalue weighted by Crippen LogP contribution is -2.44. The van der Waals surface area contributed by atoms with Crippen molar-refractivity contribution in [1.82, 2.24) is 9.55 Å². The second-order valence-electron chi connectivity index (χ2n) is 5.63. The zero-order chi connectivity index (χ0) is 13.2. The van der Waals surface area contributed by atoms with E-state index in [1.165, 1.54) is 12.8 Å². The van der Waals surface area contributed by atoms with Crippen LogP contribution in [-0.2, 0) is 0 Å². The Balaban J connectivity index is 1.94. The minimum Gasteiger partial charge on any atom is -0.348 e. The Morgan fingerprint density at radius 1 is 1.26 bits per heavy atom. The highest BCUT2D eigenvalue weighted by molar-refractivity contribution is 5.38. The molecule has 5 heteroatoms.